The Labute approximate surface area is 165 Å². The predicted molar refractivity (Wildman–Crippen MR) is 105 cm³/mol. The second kappa shape index (κ2) is 8.79. The Bertz CT molecular complexity index is 1020. The van der Waals surface area contributed by atoms with Gasteiger partial charge in [-0.1, -0.05) is 30.3 Å². The second-order valence-corrected chi connectivity index (χ2v) is 6.73. The molecule has 3 rings (SSSR count). The average Bonchev–Trinajstić information content (AvgIpc) is 3.13. The third-order valence-corrected chi connectivity index (χ3v) is 4.90. The Morgan fingerprint density at radius 3 is 2.50 bits per heavy atom. The summed E-state index contributed by atoms with van der Waals surface area (Å²) in [6.45, 7) is 1.47. The molecule has 0 saturated heterocycles. The van der Waals surface area contributed by atoms with Crippen molar-refractivity contribution in [3.05, 3.63) is 70.7 Å². The van der Waals surface area contributed by atoms with Crippen molar-refractivity contribution >= 4 is 23.2 Å². The zero-order chi connectivity index (χ0) is 19.9. The third kappa shape index (κ3) is 4.72. The van der Waals surface area contributed by atoms with E-state index in [4.69, 9.17) is 10.00 Å². The maximum atomic E-state index is 12.3. The maximum absolute atomic E-state index is 12.3. The zero-order valence-electron chi connectivity index (χ0n) is 14.9. The van der Waals surface area contributed by atoms with E-state index >= 15 is 0 Å². The van der Waals surface area contributed by atoms with Gasteiger partial charge in [0.1, 0.15) is 15.6 Å². The first kappa shape index (κ1) is 19.1. The van der Waals surface area contributed by atoms with Crippen LogP contribution in [0.5, 0.6) is 5.75 Å². The van der Waals surface area contributed by atoms with Gasteiger partial charge in [-0.2, -0.15) is 5.26 Å². The number of nitrogens with one attached hydrogen (secondary N) is 2. The van der Waals surface area contributed by atoms with Gasteiger partial charge in [-0.25, -0.2) is 4.98 Å². The lowest BCUT2D eigenvalue weighted by atomic mass is 10.2. The van der Waals surface area contributed by atoms with Gasteiger partial charge in [0.25, 0.3) is 11.8 Å². The van der Waals surface area contributed by atoms with Crippen LogP contribution in [0.15, 0.2) is 54.6 Å². The van der Waals surface area contributed by atoms with Gasteiger partial charge in [-0.3, -0.25) is 20.4 Å². The van der Waals surface area contributed by atoms with E-state index in [0.29, 0.717) is 21.9 Å². The summed E-state index contributed by atoms with van der Waals surface area (Å²) >= 11 is 1.25. The lowest BCUT2D eigenvalue weighted by Crippen LogP contribution is -2.43. The number of amides is 2. The van der Waals surface area contributed by atoms with Gasteiger partial charge >= 0.3 is 0 Å². The van der Waals surface area contributed by atoms with Crippen molar-refractivity contribution in [3.63, 3.8) is 0 Å². The number of ether oxygens (including phenoxy) is 1. The lowest BCUT2D eigenvalue weighted by molar-refractivity contribution is -0.123. The molecule has 1 heterocycles. The molecule has 7 nitrogen and oxygen atoms in total. The predicted octanol–water partition coefficient (Wildman–Crippen LogP) is 2.83. The van der Waals surface area contributed by atoms with E-state index < -0.39 is 11.8 Å². The van der Waals surface area contributed by atoms with E-state index in [1.54, 1.807) is 31.2 Å². The fourth-order valence-corrected chi connectivity index (χ4v) is 3.27. The number of hydrazine groups is 1. The molecule has 2 amide bonds. The largest absolute Gasteiger partial charge is 0.484 e. The number of aryl methyl sites for hydroxylation is 1. The molecule has 0 spiro atoms. The minimum Gasteiger partial charge on any atom is -0.484 e. The Hall–Kier alpha value is -3.70. The van der Waals surface area contributed by atoms with Crippen molar-refractivity contribution in [2.75, 3.05) is 6.61 Å². The Balaban J connectivity index is 1.53. The summed E-state index contributed by atoms with van der Waals surface area (Å²) in [5.74, 6) is -0.502. The molecule has 0 aliphatic rings. The minimum atomic E-state index is -0.511. The molecule has 3 aromatic rings. The summed E-state index contributed by atoms with van der Waals surface area (Å²) in [4.78, 5) is 29.0. The van der Waals surface area contributed by atoms with Gasteiger partial charge < -0.3 is 4.74 Å². The van der Waals surface area contributed by atoms with Crippen LogP contribution in [0.1, 0.15) is 20.9 Å². The normalized spacial score (nSPS) is 10.0. The number of hydrogen-bond acceptors (Lipinski definition) is 6. The van der Waals surface area contributed by atoms with E-state index in [2.05, 4.69) is 15.8 Å². The average molecular weight is 392 g/mol. The van der Waals surface area contributed by atoms with Crippen molar-refractivity contribution in [2.24, 2.45) is 0 Å². The van der Waals surface area contributed by atoms with Gasteiger partial charge in [0.15, 0.2) is 6.61 Å². The molecular weight excluding hydrogens is 376 g/mol. The number of rotatable bonds is 5. The van der Waals surface area contributed by atoms with Crippen LogP contribution in [0, 0.1) is 18.3 Å². The van der Waals surface area contributed by atoms with Crippen LogP contribution in [0.3, 0.4) is 0 Å². The molecule has 140 valence electrons. The van der Waals surface area contributed by atoms with Gasteiger partial charge in [-0.15, -0.1) is 11.3 Å². The molecule has 1 aromatic heterocycles. The van der Waals surface area contributed by atoms with Crippen LogP contribution < -0.4 is 15.6 Å². The molecule has 0 radical (unpaired) electrons. The van der Waals surface area contributed by atoms with Crippen molar-refractivity contribution < 1.29 is 14.3 Å². The summed E-state index contributed by atoms with van der Waals surface area (Å²) in [5.41, 5.74) is 6.69. The molecule has 0 bridgehead atoms. The first-order chi connectivity index (χ1) is 13.6. The van der Waals surface area contributed by atoms with Crippen LogP contribution in [0.4, 0.5) is 0 Å². The summed E-state index contributed by atoms with van der Waals surface area (Å²) in [7, 11) is 0. The quantitative estimate of drug-likeness (QED) is 0.650. The van der Waals surface area contributed by atoms with Gasteiger partial charge in [0.2, 0.25) is 0 Å². The fraction of sp³-hybridized carbons (Fsp3) is 0.100. The molecule has 0 unspecified atom stereocenters. The molecule has 0 aliphatic heterocycles. The van der Waals surface area contributed by atoms with Crippen LogP contribution in [0.25, 0.3) is 10.6 Å². The number of nitrogens with zero attached hydrogens (tertiary/aromatic N) is 2. The molecular formula is C20H16N4O3S. The number of carbonyl (C=O) groups is 2. The zero-order valence-corrected chi connectivity index (χ0v) is 15.7. The van der Waals surface area contributed by atoms with E-state index in [1.165, 1.54) is 11.3 Å². The third-order valence-electron chi connectivity index (χ3n) is 3.69. The number of hydrogen-bond donors (Lipinski definition) is 2. The summed E-state index contributed by atoms with van der Waals surface area (Å²) < 4.78 is 5.31. The van der Waals surface area contributed by atoms with Crippen LogP contribution in [-0.4, -0.2) is 23.4 Å². The highest BCUT2D eigenvalue weighted by molar-refractivity contribution is 7.17. The highest BCUT2D eigenvalue weighted by Crippen LogP contribution is 2.27. The van der Waals surface area contributed by atoms with E-state index in [1.807, 2.05) is 36.4 Å². The molecule has 0 fully saturated rings. The monoisotopic (exact) mass is 392 g/mol. The number of thiazole rings is 1. The van der Waals surface area contributed by atoms with Crippen LogP contribution in [0.2, 0.25) is 0 Å². The summed E-state index contributed by atoms with van der Waals surface area (Å²) in [5, 5.41) is 9.48. The summed E-state index contributed by atoms with van der Waals surface area (Å²) in [6, 6.07) is 17.9. The molecule has 0 atom stereocenters. The highest BCUT2D eigenvalue weighted by atomic mass is 32.1. The Morgan fingerprint density at radius 1 is 1.11 bits per heavy atom. The number of benzene rings is 2. The summed E-state index contributed by atoms with van der Waals surface area (Å²) in [6.07, 6.45) is 0. The fourth-order valence-electron chi connectivity index (χ4n) is 2.31. The number of carbonyl (C=O) groups excluding carboxylic acids is 2. The van der Waals surface area contributed by atoms with Gasteiger partial charge in [0, 0.05) is 5.56 Å². The smallest absolute Gasteiger partial charge is 0.281 e. The Kier molecular flexibility index (Phi) is 5.99. The second-order valence-electron chi connectivity index (χ2n) is 5.73. The molecule has 2 N–H and O–H groups in total. The standard InChI is InChI=1S/C20H16N4O3S/c1-13-18(28-20(22-13)15-5-3-2-4-6-15)19(26)24-23-17(25)12-27-16-9-7-14(11-21)8-10-16/h2-10H,12H2,1H3,(H,23,25)(H,24,26). The molecule has 8 heteroatoms. The van der Waals surface area contributed by atoms with Crippen molar-refractivity contribution in [1.82, 2.24) is 15.8 Å². The van der Waals surface area contributed by atoms with E-state index in [0.717, 1.165) is 10.6 Å². The minimum absolute atomic E-state index is 0.275. The molecule has 28 heavy (non-hydrogen) atoms. The molecule has 0 saturated carbocycles. The first-order valence-corrected chi connectivity index (χ1v) is 9.13. The van der Waals surface area contributed by atoms with Crippen molar-refractivity contribution in [2.45, 2.75) is 6.92 Å². The lowest BCUT2D eigenvalue weighted by Gasteiger charge is -2.08. The van der Waals surface area contributed by atoms with Crippen LogP contribution in [-0.2, 0) is 4.79 Å². The van der Waals surface area contributed by atoms with Crippen LogP contribution >= 0.6 is 11.3 Å². The first-order valence-electron chi connectivity index (χ1n) is 8.32. The van der Waals surface area contributed by atoms with Gasteiger partial charge in [-0.05, 0) is 31.2 Å². The van der Waals surface area contributed by atoms with Crippen molar-refractivity contribution in [3.8, 4) is 22.4 Å². The van der Waals surface area contributed by atoms with Gasteiger partial charge in [0.05, 0.1) is 17.3 Å². The van der Waals surface area contributed by atoms with Crippen molar-refractivity contribution in [1.29, 1.82) is 5.26 Å². The molecule has 0 aliphatic carbocycles. The Morgan fingerprint density at radius 2 is 1.82 bits per heavy atom. The number of nitriles is 1. The maximum Gasteiger partial charge on any atom is 0.281 e. The van der Waals surface area contributed by atoms with E-state index in [-0.39, 0.29) is 6.61 Å². The molecule has 2 aromatic carbocycles. The van der Waals surface area contributed by atoms with E-state index in [9.17, 15) is 9.59 Å². The SMILES string of the molecule is Cc1nc(-c2ccccc2)sc1C(=O)NNC(=O)COc1ccc(C#N)cc1. The number of aromatic nitrogens is 1. The topological polar surface area (TPSA) is 104 Å². The highest BCUT2D eigenvalue weighted by Gasteiger charge is 2.16.